The van der Waals surface area contributed by atoms with Gasteiger partial charge in [0, 0.05) is 11.9 Å². The zero-order chi connectivity index (χ0) is 11.2. The Balaban J connectivity index is 1.90. The van der Waals surface area contributed by atoms with Crippen LogP contribution in [0, 0.1) is 0 Å². The number of anilines is 1. The molecule has 0 saturated carbocycles. The summed E-state index contributed by atoms with van der Waals surface area (Å²) >= 11 is 0. The van der Waals surface area contributed by atoms with Gasteiger partial charge >= 0.3 is 0 Å². The second-order valence-electron chi connectivity index (χ2n) is 4.70. The fourth-order valence-electron chi connectivity index (χ4n) is 2.98. The molecule has 0 bridgehead atoms. The molecule has 0 spiro atoms. The molecule has 1 unspecified atom stereocenters. The summed E-state index contributed by atoms with van der Waals surface area (Å²) in [6.07, 6.45) is 5.56. The third-order valence-corrected chi connectivity index (χ3v) is 3.79. The van der Waals surface area contributed by atoms with Gasteiger partial charge in [-0.2, -0.15) is 0 Å². The fraction of sp³-hybridized carbons (Fsp3) is 0.125. The van der Waals surface area contributed by atoms with Crippen LogP contribution < -0.4 is 4.90 Å². The maximum atomic E-state index is 2.40. The van der Waals surface area contributed by atoms with Crippen molar-refractivity contribution in [2.24, 2.45) is 0 Å². The second kappa shape index (κ2) is 3.24. The lowest BCUT2D eigenvalue weighted by Gasteiger charge is -2.29. The molecule has 0 radical (unpaired) electrons. The maximum absolute atomic E-state index is 2.40. The molecule has 82 valence electrons. The van der Waals surface area contributed by atoms with Gasteiger partial charge in [-0.1, -0.05) is 42.5 Å². The van der Waals surface area contributed by atoms with Gasteiger partial charge in [0.1, 0.15) is 0 Å². The summed E-state index contributed by atoms with van der Waals surface area (Å²) < 4.78 is 0. The third-order valence-electron chi connectivity index (χ3n) is 3.79. The van der Waals surface area contributed by atoms with Crippen molar-refractivity contribution in [3.05, 3.63) is 71.4 Å². The van der Waals surface area contributed by atoms with Crippen molar-refractivity contribution in [3.63, 3.8) is 0 Å². The summed E-state index contributed by atoms with van der Waals surface area (Å²) in [5, 5.41) is 0. The summed E-state index contributed by atoms with van der Waals surface area (Å²) in [7, 11) is 0. The lowest BCUT2D eigenvalue weighted by atomic mass is 9.95. The average molecular weight is 219 g/mol. The van der Waals surface area contributed by atoms with E-state index in [1.165, 1.54) is 22.4 Å². The van der Waals surface area contributed by atoms with E-state index in [-0.39, 0.29) is 0 Å². The molecule has 0 aromatic heterocycles. The van der Waals surface area contributed by atoms with Gasteiger partial charge in [0.15, 0.2) is 0 Å². The number of hydrogen-bond donors (Lipinski definition) is 0. The van der Waals surface area contributed by atoms with E-state index in [9.17, 15) is 0 Å². The number of benzene rings is 2. The molecular weight excluding hydrogens is 206 g/mol. The van der Waals surface area contributed by atoms with Crippen LogP contribution in [0.4, 0.5) is 5.69 Å². The minimum Gasteiger partial charge on any atom is -0.340 e. The topological polar surface area (TPSA) is 3.24 Å². The van der Waals surface area contributed by atoms with Crippen LogP contribution >= 0.6 is 0 Å². The largest absolute Gasteiger partial charge is 0.340 e. The zero-order valence-corrected chi connectivity index (χ0v) is 9.51. The van der Waals surface area contributed by atoms with Gasteiger partial charge in [0.05, 0.1) is 6.04 Å². The van der Waals surface area contributed by atoms with Crippen molar-refractivity contribution in [3.8, 4) is 0 Å². The van der Waals surface area contributed by atoms with E-state index < -0.39 is 0 Å². The first-order chi connectivity index (χ1) is 8.43. The lowest BCUT2D eigenvalue weighted by Crippen LogP contribution is -2.22. The van der Waals surface area contributed by atoms with Crippen molar-refractivity contribution in [2.45, 2.75) is 12.5 Å². The van der Waals surface area contributed by atoms with Gasteiger partial charge in [-0.15, -0.1) is 0 Å². The molecule has 1 nitrogen and oxygen atoms in total. The number of para-hydroxylation sites is 1. The standard InChI is InChI=1S/C16H13N/c1-3-7-14-12(5-1)9-10-17-15-8-4-2-6-13(15)11-16(14)17/h1-10,16H,11H2. The number of rotatable bonds is 0. The molecule has 0 fully saturated rings. The Kier molecular flexibility index (Phi) is 1.72. The van der Waals surface area contributed by atoms with E-state index in [2.05, 4.69) is 65.7 Å². The number of hydrogen-bond acceptors (Lipinski definition) is 1. The summed E-state index contributed by atoms with van der Waals surface area (Å²) in [4.78, 5) is 2.40. The van der Waals surface area contributed by atoms with Crippen molar-refractivity contribution < 1.29 is 0 Å². The Bertz CT molecular complexity index is 612. The van der Waals surface area contributed by atoms with Crippen LogP contribution in [0.15, 0.2) is 54.7 Å². The predicted octanol–water partition coefficient (Wildman–Crippen LogP) is 3.77. The van der Waals surface area contributed by atoms with E-state index >= 15 is 0 Å². The average Bonchev–Trinajstić information content (AvgIpc) is 2.78. The van der Waals surface area contributed by atoms with Crippen LogP contribution in [0.2, 0.25) is 0 Å². The van der Waals surface area contributed by atoms with Crippen LogP contribution in [0.3, 0.4) is 0 Å². The summed E-state index contributed by atoms with van der Waals surface area (Å²) in [5.41, 5.74) is 5.63. The molecule has 4 rings (SSSR count). The predicted molar refractivity (Wildman–Crippen MR) is 70.8 cm³/mol. The summed E-state index contributed by atoms with van der Waals surface area (Å²) in [5.74, 6) is 0. The molecule has 2 aromatic carbocycles. The van der Waals surface area contributed by atoms with Crippen LogP contribution in [0.5, 0.6) is 0 Å². The van der Waals surface area contributed by atoms with Crippen molar-refractivity contribution in [1.82, 2.24) is 0 Å². The maximum Gasteiger partial charge on any atom is 0.0632 e. The van der Waals surface area contributed by atoms with E-state index in [0.717, 1.165) is 6.42 Å². The molecule has 2 aliphatic rings. The van der Waals surface area contributed by atoms with Gasteiger partial charge in [-0.05, 0) is 35.3 Å². The third kappa shape index (κ3) is 1.19. The molecule has 2 aromatic rings. The van der Waals surface area contributed by atoms with Crippen molar-refractivity contribution in [1.29, 1.82) is 0 Å². The van der Waals surface area contributed by atoms with E-state index in [0.29, 0.717) is 6.04 Å². The van der Waals surface area contributed by atoms with E-state index in [1.54, 1.807) is 0 Å². The van der Waals surface area contributed by atoms with Gasteiger partial charge in [0.25, 0.3) is 0 Å². The molecule has 2 heterocycles. The molecule has 1 atom stereocenters. The molecule has 2 aliphatic heterocycles. The highest BCUT2D eigenvalue weighted by atomic mass is 15.2. The smallest absolute Gasteiger partial charge is 0.0632 e. The normalized spacial score (nSPS) is 19.8. The molecule has 0 aliphatic carbocycles. The van der Waals surface area contributed by atoms with Gasteiger partial charge in [-0.3, -0.25) is 0 Å². The first-order valence-electron chi connectivity index (χ1n) is 6.07. The Morgan fingerprint density at radius 1 is 0.941 bits per heavy atom. The van der Waals surface area contributed by atoms with E-state index in [1.807, 2.05) is 0 Å². The Morgan fingerprint density at radius 2 is 1.76 bits per heavy atom. The Morgan fingerprint density at radius 3 is 2.76 bits per heavy atom. The monoisotopic (exact) mass is 219 g/mol. The molecule has 0 N–H and O–H groups in total. The highest BCUT2D eigenvalue weighted by Crippen LogP contribution is 2.43. The van der Waals surface area contributed by atoms with Gasteiger partial charge < -0.3 is 4.90 Å². The van der Waals surface area contributed by atoms with Gasteiger partial charge in [0.2, 0.25) is 0 Å². The minimum absolute atomic E-state index is 0.494. The molecule has 1 heteroatoms. The van der Waals surface area contributed by atoms with E-state index in [4.69, 9.17) is 0 Å². The second-order valence-corrected chi connectivity index (χ2v) is 4.70. The quantitative estimate of drug-likeness (QED) is 0.652. The summed E-state index contributed by atoms with van der Waals surface area (Å²) in [6, 6.07) is 17.9. The first kappa shape index (κ1) is 9.06. The summed E-state index contributed by atoms with van der Waals surface area (Å²) in [6.45, 7) is 0. The molecule has 17 heavy (non-hydrogen) atoms. The highest BCUT2D eigenvalue weighted by Gasteiger charge is 2.31. The van der Waals surface area contributed by atoms with Crippen molar-refractivity contribution >= 4 is 11.8 Å². The SMILES string of the molecule is C1=CN2c3ccccc3CC2c2ccccc21. The zero-order valence-electron chi connectivity index (χ0n) is 9.51. The Hall–Kier alpha value is -2.02. The van der Waals surface area contributed by atoms with Crippen LogP contribution in [-0.2, 0) is 6.42 Å². The highest BCUT2D eigenvalue weighted by molar-refractivity contribution is 5.71. The number of fused-ring (bicyclic) bond motifs is 5. The van der Waals surface area contributed by atoms with Crippen molar-refractivity contribution in [2.75, 3.05) is 4.90 Å². The lowest BCUT2D eigenvalue weighted by molar-refractivity contribution is 0.730. The molecular formula is C16H13N. The Labute approximate surface area is 101 Å². The fourth-order valence-corrected chi connectivity index (χ4v) is 2.98. The molecule has 0 amide bonds. The minimum atomic E-state index is 0.494. The molecule has 0 saturated heterocycles. The van der Waals surface area contributed by atoms with Crippen LogP contribution in [0.25, 0.3) is 6.08 Å². The van der Waals surface area contributed by atoms with Crippen LogP contribution in [-0.4, -0.2) is 0 Å². The van der Waals surface area contributed by atoms with Crippen LogP contribution in [0.1, 0.15) is 22.7 Å². The first-order valence-corrected chi connectivity index (χ1v) is 6.07. The number of nitrogens with zero attached hydrogens (tertiary/aromatic N) is 1. The van der Waals surface area contributed by atoms with Gasteiger partial charge in [-0.25, -0.2) is 0 Å².